The zero-order valence-corrected chi connectivity index (χ0v) is 22.9. The summed E-state index contributed by atoms with van der Waals surface area (Å²) in [6.45, 7) is 8.33. The number of hydrogen-bond donors (Lipinski definition) is 2. The molecule has 0 aromatic heterocycles. The first-order chi connectivity index (χ1) is 18.5. The van der Waals surface area contributed by atoms with E-state index in [1.165, 1.54) is 35.2 Å². The quantitative estimate of drug-likeness (QED) is 0.458. The predicted octanol–water partition coefficient (Wildman–Crippen LogP) is 5.03. The number of nitrogens with zero attached hydrogens (tertiary/aromatic N) is 1. The summed E-state index contributed by atoms with van der Waals surface area (Å²) in [5.41, 5.74) is 0.202. The maximum Gasteiger partial charge on any atom is 0.573 e. The largest absolute Gasteiger partial charge is 0.573 e. The lowest BCUT2D eigenvalue weighted by Gasteiger charge is -2.30. The van der Waals surface area contributed by atoms with Gasteiger partial charge in [0.1, 0.15) is 29.3 Å². The molecule has 0 bridgehead atoms. The highest BCUT2D eigenvalue weighted by Gasteiger charge is 2.36. The van der Waals surface area contributed by atoms with Crippen LogP contribution in [-0.2, 0) is 27.2 Å². The molecule has 0 fully saturated rings. The molecule has 0 spiro atoms. The van der Waals surface area contributed by atoms with Crippen molar-refractivity contribution in [3.63, 3.8) is 0 Å². The average molecular weight is 568 g/mol. The molecule has 2 aromatic carbocycles. The minimum absolute atomic E-state index is 0.00471. The molecule has 3 rings (SSSR count). The number of anilines is 1. The van der Waals surface area contributed by atoms with Gasteiger partial charge in [0.2, 0.25) is 11.8 Å². The Morgan fingerprint density at radius 1 is 1.10 bits per heavy atom. The summed E-state index contributed by atoms with van der Waals surface area (Å²) in [6.07, 6.45) is -5.81. The third kappa shape index (κ3) is 8.33. The van der Waals surface area contributed by atoms with Crippen molar-refractivity contribution in [1.29, 1.82) is 0 Å². The summed E-state index contributed by atoms with van der Waals surface area (Å²) < 4.78 is 62.4. The Morgan fingerprint density at radius 2 is 1.77 bits per heavy atom. The Morgan fingerprint density at radius 3 is 2.40 bits per heavy atom. The Bertz CT molecular complexity index is 1240. The highest BCUT2D eigenvalue weighted by atomic mass is 19.4. The molecule has 0 unspecified atom stereocenters. The summed E-state index contributed by atoms with van der Waals surface area (Å²) in [5, 5.41) is 5.05. The van der Waals surface area contributed by atoms with Crippen molar-refractivity contribution in [3.8, 4) is 5.75 Å². The van der Waals surface area contributed by atoms with Crippen LogP contribution in [0.25, 0.3) is 0 Å². The highest BCUT2D eigenvalue weighted by Crippen LogP contribution is 2.30. The van der Waals surface area contributed by atoms with E-state index in [4.69, 9.17) is 4.74 Å². The molecule has 0 saturated carbocycles. The van der Waals surface area contributed by atoms with E-state index < -0.39 is 59.9 Å². The lowest BCUT2D eigenvalue weighted by Crippen LogP contribution is -2.56. The number of carbonyl (C=O) groups excluding carboxylic acids is 3. The second-order valence-corrected chi connectivity index (χ2v) is 10.7. The van der Waals surface area contributed by atoms with Gasteiger partial charge in [-0.05, 0) is 76.8 Å². The number of rotatable bonds is 7. The van der Waals surface area contributed by atoms with Crippen molar-refractivity contribution in [3.05, 3.63) is 59.4 Å². The maximum atomic E-state index is 14.0. The molecule has 40 heavy (non-hydrogen) atoms. The number of fused-ring (bicyclic) bond motifs is 1. The summed E-state index contributed by atoms with van der Waals surface area (Å²) in [4.78, 5) is 41.0. The van der Waals surface area contributed by atoms with Gasteiger partial charge < -0.3 is 25.0 Å². The van der Waals surface area contributed by atoms with E-state index in [0.29, 0.717) is 12.1 Å². The summed E-state index contributed by atoms with van der Waals surface area (Å²) in [7, 11) is 0. The molecule has 2 N–H and O–H groups in total. The first kappa shape index (κ1) is 30.7. The van der Waals surface area contributed by atoms with Crippen LogP contribution in [0.1, 0.15) is 52.2 Å². The molecular weight excluding hydrogens is 534 g/mol. The van der Waals surface area contributed by atoms with Crippen molar-refractivity contribution in [2.75, 3.05) is 4.90 Å². The molecule has 1 aliphatic heterocycles. The molecule has 3 amide bonds. The van der Waals surface area contributed by atoms with Crippen LogP contribution < -0.4 is 20.3 Å². The number of benzene rings is 2. The van der Waals surface area contributed by atoms with Crippen LogP contribution in [0, 0.1) is 5.82 Å². The molecule has 218 valence electrons. The normalized spacial score (nSPS) is 16.6. The average Bonchev–Trinajstić information content (AvgIpc) is 2.93. The van der Waals surface area contributed by atoms with Crippen LogP contribution in [0.5, 0.6) is 5.75 Å². The van der Waals surface area contributed by atoms with Crippen molar-refractivity contribution < 1.29 is 41.4 Å². The number of carbonyl (C=O) groups is 3. The zero-order chi connectivity index (χ0) is 29.8. The molecule has 2 atom stereocenters. The number of aryl methyl sites for hydroxylation is 1. The molecule has 8 nitrogen and oxygen atoms in total. The zero-order valence-electron chi connectivity index (χ0n) is 22.9. The van der Waals surface area contributed by atoms with Crippen LogP contribution in [0.2, 0.25) is 0 Å². The van der Waals surface area contributed by atoms with E-state index in [1.807, 2.05) is 0 Å². The minimum atomic E-state index is -4.98. The lowest BCUT2D eigenvalue weighted by atomic mass is 10.0. The van der Waals surface area contributed by atoms with Gasteiger partial charge >= 0.3 is 12.5 Å². The van der Waals surface area contributed by atoms with Crippen LogP contribution in [0.4, 0.5) is 28.0 Å². The second-order valence-electron chi connectivity index (χ2n) is 10.7. The molecule has 0 saturated heterocycles. The Hall–Kier alpha value is -3.83. The number of para-hydroxylation sites is 1. The van der Waals surface area contributed by atoms with Crippen LogP contribution in [-0.4, -0.2) is 48.0 Å². The summed E-state index contributed by atoms with van der Waals surface area (Å²) in [5.74, 6) is -2.34. The van der Waals surface area contributed by atoms with Crippen molar-refractivity contribution >= 4 is 23.6 Å². The number of amides is 3. The van der Waals surface area contributed by atoms with Gasteiger partial charge in [0.25, 0.3) is 0 Å². The first-order valence-electron chi connectivity index (χ1n) is 12.8. The van der Waals surface area contributed by atoms with Gasteiger partial charge in [-0.1, -0.05) is 24.3 Å². The van der Waals surface area contributed by atoms with E-state index in [2.05, 4.69) is 15.4 Å². The van der Waals surface area contributed by atoms with Crippen molar-refractivity contribution in [2.24, 2.45) is 0 Å². The van der Waals surface area contributed by atoms with Crippen molar-refractivity contribution in [2.45, 2.75) is 84.0 Å². The van der Waals surface area contributed by atoms with E-state index in [0.717, 1.165) is 11.6 Å². The first-order valence-corrected chi connectivity index (χ1v) is 12.8. The van der Waals surface area contributed by atoms with Gasteiger partial charge in [-0.25, -0.2) is 9.18 Å². The molecule has 12 heteroatoms. The van der Waals surface area contributed by atoms with Crippen molar-refractivity contribution in [1.82, 2.24) is 10.6 Å². The fourth-order valence-corrected chi connectivity index (χ4v) is 4.40. The minimum Gasteiger partial charge on any atom is -0.444 e. The number of ether oxygens (including phenoxy) is 2. The Balaban J connectivity index is 1.89. The summed E-state index contributed by atoms with van der Waals surface area (Å²) in [6, 6.07) is 6.54. The van der Waals surface area contributed by atoms with Crippen LogP contribution >= 0.6 is 0 Å². The maximum absolute atomic E-state index is 14.0. The number of nitrogens with one attached hydrogen (secondary N) is 2. The van der Waals surface area contributed by atoms with Gasteiger partial charge in [0.05, 0.1) is 5.69 Å². The fraction of sp³-hybridized carbons (Fsp3) is 0.464. The van der Waals surface area contributed by atoms with Crippen LogP contribution in [0.15, 0.2) is 42.5 Å². The van der Waals surface area contributed by atoms with E-state index in [9.17, 15) is 31.9 Å². The monoisotopic (exact) mass is 567 g/mol. The standard InChI is InChI=1S/C28H33F4N3O5/c1-16(2)35-22-15-19(29)12-10-17(22)11-13-20(25(35)37)33-24(36)21(34-26(38)40-27(3,4)5)14-18-8-6-7-9-23(18)39-28(30,31)32/h6-10,12,15-16,20-21H,11,13-14H2,1-5H3,(H,33,36)(H,34,38)/t20-,21+/m0/s1. The van der Waals surface area contributed by atoms with Gasteiger partial charge in [-0.2, -0.15) is 0 Å². The van der Waals surface area contributed by atoms with E-state index in [-0.39, 0.29) is 18.0 Å². The molecule has 2 aromatic rings. The van der Waals surface area contributed by atoms with Gasteiger partial charge in [0.15, 0.2) is 0 Å². The molecular formula is C28H33F4N3O5. The van der Waals surface area contributed by atoms with Gasteiger partial charge in [-0.15, -0.1) is 13.2 Å². The summed E-state index contributed by atoms with van der Waals surface area (Å²) >= 11 is 0. The molecule has 0 aliphatic carbocycles. The van der Waals surface area contributed by atoms with E-state index in [1.54, 1.807) is 40.7 Å². The second kappa shape index (κ2) is 12.1. The molecule has 1 aliphatic rings. The van der Waals surface area contributed by atoms with Crippen LogP contribution in [0.3, 0.4) is 0 Å². The predicted molar refractivity (Wildman–Crippen MR) is 139 cm³/mol. The third-order valence-electron chi connectivity index (χ3n) is 6.01. The molecule has 0 radical (unpaired) electrons. The highest BCUT2D eigenvalue weighted by molar-refractivity contribution is 6.01. The molecule has 1 heterocycles. The topological polar surface area (TPSA) is 97.0 Å². The number of alkyl halides is 3. The third-order valence-corrected chi connectivity index (χ3v) is 6.01. The van der Waals surface area contributed by atoms with Gasteiger partial charge in [-0.3, -0.25) is 9.59 Å². The lowest BCUT2D eigenvalue weighted by molar-refractivity contribution is -0.274. The van der Waals surface area contributed by atoms with E-state index >= 15 is 0 Å². The smallest absolute Gasteiger partial charge is 0.444 e. The Kier molecular flexibility index (Phi) is 9.32. The van der Waals surface area contributed by atoms with Gasteiger partial charge in [0, 0.05) is 12.5 Å². The Labute approximate surface area is 230 Å². The fourth-order valence-electron chi connectivity index (χ4n) is 4.40. The SMILES string of the molecule is CC(C)N1C(=O)[C@@H](NC(=O)[C@@H](Cc2ccccc2OC(F)(F)F)NC(=O)OC(C)(C)C)CCc2ccc(F)cc21. The number of alkyl carbamates (subject to hydrolysis) is 1. The number of halogens is 4. The number of hydrogen-bond acceptors (Lipinski definition) is 5.